The molecule has 2 fully saturated rings. The highest BCUT2D eigenvalue weighted by molar-refractivity contribution is 5.96. The molecule has 38 heavy (non-hydrogen) atoms. The predicted molar refractivity (Wildman–Crippen MR) is 136 cm³/mol. The summed E-state index contributed by atoms with van der Waals surface area (Å²) in [6, 6.07) is 14.3. The number of nitriles is 1. The summed E-state index contributed by atoms with van der Waals surface area (Å²) in [7, 11) is 1.65. The molecule has 1 aromatic heterocycles. The highest BCUT2D eigenvalue weighted by Crippen LogP contribution is 2.41. The van der Waals surface area contributed by atoms with Crippen LogP contribution in [-0.4, -0.2) is 47.1 Å². The van der Waals surface area contributed by atoms with Crippen molar-refractivity contribution in [1.29, 1.82) is 5.26 Å². The van der Waals surface area contributed by atoms with E-state index in [1.54, 1.807) is 49.3 Å². The first-order valence-electron chi connectivity index (χ1n) is 12.8. The topological polar surface area (TPSA) is 82.0 Å². The number of aromatic amines is 1. The minimum atomic E-state index is -4.63. The fourth-order valence-electron chi connectivity index (χ4n) is 5.45. The number of benzene rings is 2. The highest BCUT2D eigenvalue weighted by atomic mass is 19.4. The zero-order valence-electron chi connectivity index (χ0n) is 21.3. The maximum atomic E-state index is 14.1. The molecule has 0 atom stereocenters. The number of hydrogen-bond acceptors (Lipinski definition) is 4. The van der Waals surface area contributed by atoms with E-state index in [-0.39, 0.29) is 29.5 Å². The number of likely N-dealkylation sites (tertiary alicyclic amines) is 1. The standard InChI is InChI=1S/C29H29F3N4O2/c1-17-3-6-21(28(37)36-15-22(16-36)19-7-4-18(14-33)5-8-19)13-24(17)25-26(29(30,31)32)35-27(34-25)20-9-11-23(38-2)12-10-20/h3-8,13,20,22-23H,9-12,15-16H2,1-2H3,(H,34,35). The second kappa shape index (κ2) is 10.3. The fraction of sp³-hybridized carbons (Fsp3) is 0.414. The van der Waals surface area contributed by atoms with E-state index in [1.165, 1.54) is 0 Å². The van der Waals surface area contributed by atoms with Gasteiger partial charge in [-0.05, 0) is 68.0 Å². The quantitative estimate of drug-likeness (QED) is 0.433. The Morgan fingerprint density at radius 1 is 1.08 bits per heavy atom. The van der Waals surface area contributed by atoms with Crippen molar-refractivity contribution in [1.82, 2.24) is 14.9 Å². The average molecular weight is 523 g/mol. The van der Waals surface area contributed by atoms with Gasteiger partial charge in [0.05, 0.1) is 23.4 Å². The maximum Gasteiger partial charge on any atom is 0.435 e. The number of methoxy groups -OCH3 is 1. The molecule has 1 N–H and O–H groups in total. The van der Waals surface area contributed by atoms with Crippen LogP contribution in [0, 0.1) is 18.3 Å². The summed E-state index contributed by atoms with van der Waals surface area (Å²) in [6.07, 6.45) is -1.54. The molecular weight excluding hydrogens is 493 g/mol. The summed E-state index contributed by atoms with van der Waals surface area (Å²) >= 11 is 0. The number of rotatable bonds is 5. The number of aromatic nitrogens is 2. The van der Waals surface area contributed by atoms with Gasteiger partial charge in [-0.3, -0.25) is 4.79 Å². The van der Waals surface area contributed by atoms with Crippen molar-refractivity contribution in [3.63, 3.8) is 0 Å². The van der Waals surface area contributed by atoms with Crippen molar-refractivity contribution < 1.29 is 22.7 Å². The van der Waals surface area contributed by atoms with Gasteiger partial charge in [-0.25, -0.2) is 4.98 Å². The molecule has 198 valence electrons. The number of aryl methyl sites for hydroxylation is 1. The van der Waals surface area contributed by atoms with E-state index >= 15 is 0 Å². The van der Waals surface area contributed by atoms with E-state index in [0.717, 1.165) is 18.4 Å². The van der Waals surface area contributed by atoms with Gasteiger partial charge < -0.3 is 14.6 Å². The average Bonchev–Trinajstić information content (AvgIpc) is 3.34. The Kier molecular flexibility index (Phi) is 7.01. The van der Waals surface area contributed by atoms with Gasteiger partial charge in [0.15, 0.2) is 5.69 Å². The summed E-state index contributed by atoms with van der Waals surface area (Å²) in [5, 5.41) is 8.98. The summed E-state index contributed by atoms with van der Waals surface area (Å²) in [5.41, 5.74) is 1.90. The Balaban J connectivity index is 1.38. The van der Waals surface area contributed by atoms with Gasteiger partial charge in [0.1, 0.15) is 5.82 Å². The van der Waals surface area contributed by atoms with Gasteiger partial charge in [-0.2, -0.15) is 18.4 Å². The SMILES string of the molecule is COC1CCC(c2nc(C(F)(F)F)c(-c3cc(C(=O)N4CC(c5ccc(C#N)cc5)C4)ccc3C)[nH]2)CC1. The molecule has 2 heterocycles. The second-order valence-electron chi connectivity index (χ2n) is 10.2. The number of nitrogens with zero attached hydrogens (tertiary/aromatic N) is 3. The minimum absolute atomic E-state index is 0.0902. The first-order valence-corrected chi connectivity index (χ1v) is 12.8. The van der Waals surface area contributed by atoms with Crippen LogP contribution in [0.1, 0.15) is 76.1 Å². The highest BCUT2D eigenvalue weighted by Gasteiger charge is 2.40. The number of nitrogens with one attached hydrogen (secondary N) is 1. The van der Waals surface area contributed by atoms with Crippen molar-refractivity contribution in [2.45, 2.75) is 56.7 Å². The van der Waals surface area contributed by atoms with Crippen LogP contribution in [-0.2, 0) is 10.9 Å². The third-order valence-electron chi connectivity index (χ3n) is 7.82. The Morgan fingerprint density at radius 3 is 2.37 bits per heavy atom. The van der Waals surface area contributed by atoms with Gasteiger partial charge in [0, 0.05) is 43.2 Å². The summed E-state index contributed by atoms with van der Waals surface area (Å²) in [6.45, 7) is 2.76. The van der Waals surface area contributed by atoms with E-state index in [9.17, 15) is 18.0 Å². The number of H-pyrrole nitrogens is 1. The van der Waals surface area contributed by atoms with Crippen molar-refractivity contribution in [2.24, 2.45) is 0 Å². The van der Waals surface area contributed by atoms with E-state index in [4.69, 9.17) is 10.00 Å². The molecule has 1 saturated heterocycles. The lowest BCUT2D eigenvalue weighted by atomic mass is 9.87. The number of imidazole rings is 1. The van der Waals surface area contributed by atoms with E-state index < -0.39 is 11.9 Å². The Bertz CT molecular complexity index is 1360. The van der Waals surface area contributed by atoms with E-state index in [1.807, 2.05) is 12.1 Å². The first-order chi connectivity index (χ1) is 18.2. The largest absolute Gasteiger partial charge is 0.435 e. The summed E-state index contributed by atoms with van der Waals surface area (Å²) in [5.74, 6) is 0.187. The van der Waals surface area contributed by atoms with Crippen LogP contribution in [0.15, 0.2) is 42.5 Å². The van der Waals surface area contributed by atoms with Gasteiger partial charge in [-0.15, -0.1) is 0 Å². The number of carbonyl (C=O) groups excluding carboxylic acids is 1. The van der Waals surface area contributed by atoms with Crippen molar-refractivity contribution in [3.05, 3.63) is 76.2 Å². The molecule has 2 aromatic carbocycles. The van der Waals surface area contributed by atoms with Crippen LogP contribution < -0.4 is 0 Å². The molecule has 0 bridgehead atoms. The summed E-state index contributed by atoms with van der Waals surface area (Å²) in [4.78, 5) is 21.9. The zero-order valence-corrected chi connectivity index (χ0v) is 21.3. The predicted octanol–water partition coefficient (Wildman–Crippen LogP) is 6.19. The molecular formula is C29H29F3N4O2. The Hall–Kier alpha value is -3.64. The van der Waals surface area contributed by atoms with E-state index in [2.05, 4.69) is 16.0 Å². The van der Waals surface area contributed by atoms with Crippen LogP contribution in [0.3, 0.4) is 0 Å². The normalized spacial score (nSPS) is 20.2. The van der Waals surface area contributed by atoms with Crippen LogP contribution in [0.2, 0.25) is 0 Å². The van der Waals surface area contributed by atoms with Gasteiger partial charge in [0.2, 0.25) is 0 Å². The third-order valence-corrected chi connectivity index (χ3v) is 7.82. The van der Waals surface area contributed by atoms with Crippen LogP contribution in [0.5, 0.6) is 0 Å². The molecule has 1 aliphatic carbocycles. The lowest BCUT2D eigenvalue weighted by molar-refractivity contribution is -0.140. The van der Waals surface area contributed by atoms with E-state index in [0.29, 0.717) is 54.0 Å². The maximum absolute atomic E-state index is 14.1. The smallest absolute Gasteiger partial charge is 0.381 e. The number of carbonyl (C=O) groups is 1. The van der Waals surface area contributed by atoms with Crippen LogP contribution in [0.4, 0.5) is 13.2 Å². The molecule has 3 aromatic rings. The zero-order chi connectivity index (χ0) is 27.0. The molecule has 0 spiro atoms. The van der Waals surface area contributed by atoms with Crippen molar-refractivity contribution >= 4 is 5.91 Å². The number of halogens is 3. The minimum Gasteiger partial charge on any atom is -0.381 e. The Morgan fingerprint density at radius 2 is 1.76 bits per heavy atom. The lowest BCUT2D eigenvalue weighted by Crippen LogP contribution is -2.48. The number of ether oxygens (including phenoxy) is 1. The lowest BCUT2D eigenvalue weighted by Gasteiger charge is -2.39. The number of alkyl halides is 3. The van der Waals surface area contributed by atoms with Crippen molar-refractivity contribution in [3.8, 4) is 17.3 Å². The molecule has 0 unspecified atom stereocenters. The van der Waals surface area contributed by atoms with Crippen LogP contribution in [0.25, 0.3) is 11.3 Å². The molecule has 5 rings (SSSR count). The molecule has 0 radical (unpaired) electrons. The Labute approximate surface area is 219 Å². The number of hydrogen-bond donors (Lipinski definition) is 1. The third kappa shape index (κ3) is 5.05. The van der Waals surface area contributed by atoms with Gasteiger partial charge >= 0.3 is 6.18 Å². The summed E-state index contributed by atoms with van der Waals surface area (Å²) < 4.78 is 47.6. The first kappa shape index (κ1) is 26.0. The van der Waals surface area contributed by atoms with Gasteiger partial charge in [0.25, 0.3) is 5.91 Å². The molecule has 6 nitrogen and oxygen atoms in total. The molecule has 2 aliphatic rings. The van der Waals surface area contributed by atoms with Crippen LogP contribution >= 0.6 is 0 Å². The molecule has 1 amide bonds. The van der Waals surface area contributed by atoms with Crippen molar-refractivity contribution in [2.75, 3.05) is 20.2 Å². The molecule has 1 aliphatic heterocycles. The molecule has 1 saturated carbocycles. The number of amides is 1. The van der Waals surface area contributed by atoms with Gasteiger partial charge in [-0.1, -0.05) is 18.2 Å². The molecule has 9 heteroatoms. The fourth-order valence-corrected chi connectivity index (χ4v) is 5.45. The monoisotopic (exact) mass is 522 g/mol. The second-order valence-corrected chi connectivity index (χ2v) is 10.2.